The van der Waals surface area contributed by atoms with Gasteiger partial charge in [0.05, 0.1) is 0 Å². The second-order valence-corrected chi connectivity index (χ2v) is 5.06. The molecule has 0 aliphatic carbocycles. The van der Waals surface area contributed by atoms with Gasteiger partial charge >= 0.3 is 6.18 Å². The standard InChI is InChI=1S/C13H15F4NO/c1-9-2-3-11(14)6-10(9)7-18-5-4-12(19,8-18)13(15,16)17/h2-3,6,19H,4-5,7-8H2,1H3/t12-/m1/s1. The van der Waals surface area contributed by atoms with Gasteiger partial charge in [-0.15, -0.1) is 0 Å². The first-order chi connectivity index (χ1) is 8.71. The zero-order valence-electron chi connectivity index (χ0n) is 10.5. The molecule has 2 nitrogen and oxygen atoms in total. The second kappa shape index (κ2) is 4.76. The van der Waals surface area contributed by atoms with Gasteiger partial charge < -0.3 is 5.11 Å². The van der Waals surface area contributed by atoms with E-state index in [9.17, 15) is 22.7 Å². The number of rotatable bonds is 2. The Hall–Kier alpha value is -1.14. The minimum absolute atomic E-state index is 0.145. The molecule has 0 saturated carbocycles. The first kappa shape index (κ1) is 14.3. The summed E-state index contributed by atoms with van der Waals surface area (Å²) in [5, 5.41) is 9.56. The van der Waals surface area contributed by atoms with E-state index in [4.69, 9.17) is 0 Å². The Bertz CT molecular complexity index is 474. The van der Waals surface area contributed by atoms with E-state index < -0.39 is 24.1 Å². The third-order valence-corrected chi connectivity index (χ3v) is 3.56. The Kier molecular flexibility index (Phi) is 3.57. The number of hydrogen-bond acceptors (Lipinski definition) is 2. The molecule has 1 aliphatic heterocycles. The smallest absolute Gasteiger partial charge is 0.379 e. The van der Waals surface area contributed by atoms with E-state index in [-0.39, 0.29) is 19.5 Å². The Morgan fingerprint density at radius 2 is 2.05 bits per heavy atom. The number of aliphatic hydroxyl groups is 1. The molecular formula is C13H15F4NO. The number of alkyl halides is 3. The third-order valence-electron chi connectivity index (χ3n) is 3.56. The van der Waals surface area contributed by atoms with Crippen LogP contribution < -0.4 is 0 Å². The van der Waals surface area contributed by atoms with Crippen LogP contribution in [0.15, 0.2) is 18.2 Å². The van der Waals surface area contributed by atoms with Gasteiger partial charge in [0.2, 0.25) is 0 Å². The number of aryl methyl sites for hydroxylation is 1. The molecule has 1 aliphatic rings. The van der Waals surface area contributed by atoms with E-state index in [1.807, 2.05) is 0 Å². The quantitative estimate of drug-likeness (QED) is 0.840. The maximum atomic E-state index is 13.1. The van der Waals surface area contributed by atoms with Crippen LogP contribution in [0.5, 0.6) is 0 Å². The Morgan fingerprint density at radius 3 is 2.63 bits per heavy atom. The topological polar surface area (TPSA) is 23.5 Å². The number of hydrogen-bond donors (Lipinski definition) is 1. The summed E-state index contributed by atoms with van der Waals surface area (Å²) in [6, 6.07) is 4.23. The molecule has 2 rings (SSSR count). The highest BCUT2D eigenvalue weighted by atomic mass is 19.4. The van der Waals surface area contributed by atoms with Crippen molar-refractivity contribution in [2.75, 3.05) is 13.1 Å². The molecule has 1 aromatic rings. The van der Waals surface area contributed by atoms with Crippen molar-refractivity contribution in [3.63, 3.8) is 0 Å². The van der Waals surface area contributed by atoms with Crippen molar-refractivity contribution in [2.45, 2.75) is 31.7 Å². The first-order valence-electron chi connectivity index (χ1n) is 5.98. The summed E-state index contributed by atoms with van der Waals surface area (Å²) in [5.74, 6) is -0.411. The molecule has 1 N–H and O–H groups in total. The minimum Gasteiger partial charge on any atom is -0.379 e. The van der Waals surface area contributed by atoms with Crippen LogP contribution in [-0.2, 0) is 6.54 Å². The number of likely N-dealkylation sites (tertiary alicyclic amines) is 1. The normalized spacial score (nSPS) is 24.9. The lowest BCUT2D eigenvalue weighted by Crippen LogP contribution is -2.47. The summed E-state index contributed by atoms with van der Waals surface area (Å²) in [7, 11) is 0. The molecule has 0 aromatic heterocycles. The van der Waals surface area contributed by atoms with Gasteiger partial charge in [-0.25, -0.2) is 4.39 Å². The highest BCUT2D eigenvalue weighted by molar-refractivity contribution is 5.26. The van der Waals surface area contributed by atoms with Crippen LogP contribution in [0.1, 0.15) is 17.5 Å². The van der Waals surface area contributed by atoms with Crippen molar-refractivity contribution in [2.24, 2.45) is 0 Å². The van der Waals surface area contributed by atoms with Crippen molar-refractivity contribution >= 4 is 0 Å². The van der Waals surface area contributed by atoms with Gasteiger partial charge in [-0.1, -0.05) is 6.07 Å². The van der Waals surface area contributed by atoms with E-state index in [2.05, 4.69) is 0 Å². The lowest BCUT2D eigenvalue weighted by Gasteiger charge is -2.26. The predicted molar refractivity (Wildman–Crippen MR) is 62.0 cm³/mol. The SMILES string of the molecule is Cc1ccc(F)cc1CN1CC[C@](O)(C(F)(F)F)C1. The van der Waals surface area contributed by atoms with E-state index in [0.29, 0.717) is 5.56 Å². The van der Waals surface area contributed by atoms with Crippen LogP contribution in [0.2, 0.25) is 0 Å². The molecule has 0 spiro atoms. The summed E-state index contributed by atoms with van der Waals surface area (Å²) in [6.07, 6.45) is -4.97. The van der Waals surface area contributed by atoms with Crippen LogP contribution in [0, 0.1) is 12.7 Å². The van der Waals surface area contributed by atoms with E-state index in [1.165, 1.54) is 17.0 Å². The summed E-state index contributed by atoms with van der Waals surface area (Å²) in [6.45, 7) is 1.67. The van der Waals surface area contributed by atoms with Gasteiger partial charge in [-0.2, -0.15) is 13.2 Å². The van der Waals surface area contributed by atoms with E-state index in [0.717, 1.165) is 5.56 Å². The Balaban J connectivity index is 2.09. The molecule has 1 saturated heterocycles. The maximum Gasteiger partial charge on any atom is 0.418 e. The Labute approximate surface area is 108 Å². The largest absolute Gasteiger partial charge is 0.418 e. The van der Waals surface area contributed by atoms with Crippen molar-refractivity contribution in [1.29, 1.82) is 0 Å². The highest BCUT2D eigenvalue weighted by Crippen LogP contribution is 2.38. The van der Waals surface area contributed by atoms with Gasteiger partial charge in [0.25, 0.3) is 0 Å². The molecular weight excluding hydrogens is 262 g/mol. The van der Waals surface area contributed by atoms with Crippen LogP contribution in [0.25, 0.3) is 0 Å². The molecule has 1 heterocycles. The van der Waals surface area contributed by atoms with Crippen molar-refractivity contribution in [3.8, 4) is 0 Å². The zero-order valence-corrected chi connectivity index (χ0v) is 10.5. The van der Waals surface area contributed by atoms with Crippen LogP contribution in [0.3, 0.4) is 0 Å². The number of benzene rings is 1. The first-order valence-corrected chi connectivity index (χ1v) is 5.98. The van der Waals surface area contributed by atoms with Gasteiger partial charge in [0.1, 0.15) is 5.82 Å². The van der Waals surface area contributed by atoms with Crippen LogP contribution in [0.4, 0.5) is 17.6 Å². The molecule has 1 atom stereocenters. The summed E-state index contributed by atoms with van der Waals surface area (Å²) in [5.41, 5.74) is -1.18. The van der Waals surface area contributed by atoms with Gasteiger partial charge in [0, 0.05) is 19.6 Å². The number of nitrogens with zero attached hydrogens (tertiary/aromatic N) is 1. The summed E-state index contributed by atoms with van der Waals surface area (Å²) >= 11 is 0. The van der Waals surface area contributed by atoms with Gasteiger partial charge in [-0.05, 0) is 36.6 Å². The number of β-amino-alcohol motifs (C(OH)–C–C–N with tert-alkyl or cyclic N) is 1. The fourth-order valence-corrected chi connectivity index (χ4v) is 2.29. The molecule has 106 valence electrons. The summed E-state index contributed by atoms with van der Waals surface area (Å²) in [4.78, 5) is 1.50. The lowest BCUT2D eigenvalue weighted by molar-refractivity contribution is -0.254. The number of halogens is 4. The molecule has 6 heteroatoms. The second-order valence-electron chi connectivity index (χ2n) is 5.06. The van der Waals surface area contributed by atoms with E-state index in [1.54, 1.807) is 13.0 Å². The molecule has 1 aromatic carbocycles. The Morgan fingerprint density at radius 1 is 1.37 bits per heavy atom. The fraction of sp³-hybridized carbons (Fsp3) is 0.538. The predicted octanol–water partition coefficient (Wildman–Crippen LogP) is 2.63. The van der Waals surface area contributed by atoms with E-state index >= 15 is 0 Å². The molecule has 0 radical (unpaired) electrons. The van der Waals surface area contributed by atoms with Crippen LogP contribution >= 0.6 is 0 Å². The summed E-state index contributed by atoms with van der Waals surface area (Å²) < 4.78 is 51.1. The van der Waals surface area contributed by atoms with Crippen molar-refractivity contribution < 1.29 is 22.7 Å². The average Bonchev–Trinajstić information content (AvgIpc) is 2.66. The molecule has 0 bridgehead atoms. The maximum absolute atomic E-state index is 13.1. The molecule has 1 fully saturated rings. The van der Waals surface area contributed by atoms with Gasteiger partial charge in [-0.3, -0.25) is 4.90 Å². The molecule has 19 heavy (non-hydrogen) atoms. The molecule has 0 unspecified atom stereocenters. The zero-order chi connectivity index (χ0) is 14.3. The van der Waals surface area contributed by atoms with Gasteiger partial charge in [0.15, 0.2) is 5.60 Å². The lowest BCUT2D eigenvalue weighted by atomic mass is 10.0. The monoisotopic (exact) mass is 277 g/mol. The molecule has 0 amide bonds. The fourth-order valence-electron chi connectivity index (χ4n) is 2.29. The van der Waals surface area contributed by atoms with Crippen molar-refractivity contribution in [1.82, 2.24) is 4.90 Å². The van der Waals surface area contributed by atoms with Crippen LogP contribution in [-0.4, -0.2) is 34.9 Å². The third kappa shape index (κ3) is 2.90. The highest BCUT2D eigenvalue weighted by Gasteiger charge is 2.56. The average molecular weight is 277 g/mol. The van der Waals surface area contributed by atoms with Crippen molar-refractivity contribution in [3.05, 3.63) is 35.1 Å². The minimum atomic E-state index is -4.63.